The lowest BCUT2D eigenvalue weighted by Gasteiger charge is -2.06. The third-order valence-electron chi connectivity index (χ3n) is 4.24. The summed E-state index contributed by atoms with van der Waals surface area (Å²) >= 11 is 0. The summed E-state index contributed by atoms with van der Waals surface area (Å²) in [5.74, 6) is 0.925. The van der Waals surface area contributed by atoms with Crippen LogP contribution in [0, 0.1) is 20.8 Å². The average molecular weight is 335 g/mol. The molecule has 1 amide bonds. The number of aromatic nitrogens is 2. The molecule has 128 valence electrons. The minimum atomic E-state index is -0.0956. The van der Waals surface area contributed by atoms with E-state index in [-0.39, 0.29) is 5.91 Å². The lowest BCUT2D eigenvalue weighted by molar-refractivity contribution is 0.0953. The van der Waals surface area contributed by atoms with Gasteiger partial charge >= 0.3 is 0 Å². The van der Waals surface area contributed by atoms with E-state index < -0.39 is 0 Å². The van der Waals surface area contributed by atoms with Gasteiger partial charge in [-0.25, -0.2) is 0 Å². The van der Waals surface area contributed by atoms with E-state index in [4.69, 9.17) is 4.42 Å². The highest BCUT2D eigenvalue weighted by Gasteiger charge is 2.11. The molecule has 0 aliphatic carbocycles. The predicted octanol–water partition coefficient (Wildman–Crippen LogP) is 3.63. The third kappa shape index (κ3) is 3.94. The first-order valence-electron chi connectivity index (χ1n) is 8.28. The van der Waals surface area contributed by atoms with Crippen molar-refractivity contribution in [2.24, 2.45) is 0 Å². The molecule has 0 bridgehead atoms. The van der Waals surface area contributed by atoms with Crippen molar-refractivity contribution in [3.63, 3.8) is 0 Å². The second-order valence-corrected chi connectivity index (χ2v) is 6.12. The molecule has 0 aliphatic heterocycles. The van der Waals surface area contributed by atoms with Gasteiger partial charge in [-0.15, -0.1) is 10.2 Å². The standard InChI is InChI=1S/C20H21N3O2/c1-13-8-9-16(12-15(13)3)19(24)21-11-10-18-22-23-20(25-18)17-7-5-4-6-14(17)2/h4-9,12H,10-11H2,1-3H3,(H,21,24). The Morgan fingerprint density at radius 2 is 1.80 bits per heavy atom. The van der Waals surface area contributed by atoms with E-state index in [9.17, 15) is 4.79 Å². The molecule has 0 saturated heterocycles. The Labute approximate surface area is 147 Å². The zero-order valence-electron chi connectivity index (χ0n) is 14.7. The van der Waals surface area contributed by atoms with Crippen LogP contribution >= 0.6 is 0 Å². The predicted molar refractivity (Wildman–Crippen MR) is 96.4 cm³/mol. The Hall–Kier alpha value is -2.95. The van der Waals surface area contributed by atoms with Crippen LogP contribution in [0.1, 0.15) is 32.9 Å². The maximum atomic E-state index is 12.2. The Balaban J connectivity index is 1.58. The van der Waals surface area contributed by atoms with E-state index in [2.05, 4.69) is 15.5 Å². The number of carbonyl (C=O) groups excluding carboxylic acids is 1. The molecule has 1 heterocycles. The fourth-order valence-electron chi connectivity index (χ4n) is 2.54. The molecule has 0 aliphatic rings. The summed E-state index contributed by atoms with van der Waals surface area (Å²) in [6.45, 7) is 6.47. The van der Waals surface area contributed by atoms with E-state index in [0.29, 0.717) is 30.3 Å². The van der Waals surface area contributed by atoms with Crippen LogP contribution in [0.15, 0.2) is 46.9 Å². The molecule has 25 heavy (non-hydrogen) atoms. The summed E-state index contributed by atoms with van der Waals surface area (Å²) in [4.78, 5) is 12.2. The number of aryl methyl sites for hydroxylation is 3. The van der Waals surface area contributed by atoms with Crippen LogP contribution in [0.3, 0.4) is 0 Å². The molecule has 0 unspecified atom stereocenters. The van der Waals surface area contributed by atoms with E-state index in [0.717, 1.165) is 16.7 Å². The molecule has 0 radical (unpaired) electrons. The highest BCUT2D eigenvalue weighted by molar-refractivity contribution is 5.94. The van der Waals surface area contributed by atoms with Gasteiger partial charge in [-0.05, 0) is 55.7 Å². The minimum absolute atomic E-state index is 0.0956. The normalized spacial score (nSPS) is 10.7. The molecule has 0 fully saturated rings. The van der Waals surface area contributed by atoms with Gasteiger partial charge in [0.2, 0.25) is 11.8 Å². The smallest absolute Gasteiger partial charge is 0.251 e. The number of hydrogen-bond acceptors (Lipinski definition) is 4. The Morgan fingerprint density at radius 3 is 2.56 bits per heavy atom. The van der Waals surface area contributed by atoms with Crippen LogP contribution < -0.4 is 5.32 Å². The second-order valence-electron chi connectivity index (χ2n) is 6.12. The number of hydrogen-bond donors (Lipinski definition) is 1. The van der Waals surface area contributed by atoms with Crippen molar-refractivity contribution in [1.82, 2.24) is 15.5 Å². The van der Waals surface area contributed by atoms with E-state index in [1.807, 2.05) is 63.2 Å². The largest absolute Gasteiger partial charge is 0.421 e. The summed E-state index contributed by atoms with van der Waals surface area (Å²) in [5.41, 5.74) is 4.95. The molecule has 0 atom stereocenters. The van der Waals surface area contributed by atoms with Gasteiger partial charge < -0.3 is 9.73 Å². The molecule has 3 rings (SSSR count). The second kappa shape index (κ2) is 7.30. The van der Waals surface area contributed by atoms with Crippen LogP contribution in [-0.2, 0) is 6.42 Å². The number of benzene rings is 2. The summed E-state index contributed by atoms with van der Waals surface area (Å²) in [6.07, 6.45) is 0.496. The summed E-state index contributed by atoms with van der Waals surface area (Å²) in [5, 5.41) is 11.0. The minimum Gasteiger partial charge on any atom is -0.421 e. The Morgan fingerprint density at radius 1 is 1.00 bits per heavy atom. The van der Waals surface area contributed by atoms with Crippen molar-refractivity contribution in [2.45, 2.75) is 27.2 Å². The molecule has 0 saturated carbocycles. The SMILES string of the molecule is Cc1ccc(C(=O)NCCc2nnc(-c3ccccc3C)o2)cc1C. The zero-order valence-corrected chi connectivity index (χ0v) is 14.7. The average Bonchev–Trinajstić information content (AvgIpc) is 3.06. The van der Waals surface area contributed by atoms with Crippen molar-refractivity contribution in [3.05, 3.63) is 70.6 Å². The third-order valence-corrected chi connectivity index (χ3v) is 4.24. The van der Waals surface area contributed by atoms with E-state index in [1.165, 1.54) is 5.56 Å². The van der Waals surface area contributed by atoms with Gasteiger partial charge in [-0.2, -0.15) is 0 Å². The summed E-state index contributed by atoms with van der Waals surface area (Å²) in [6, 6.07) is 13.6. The lowest BCUT2D eigenvalue weighted by atomic mass is 10.1. The lowest BCUT2D eigenvalue weighted by Crippen LogP contribution is -2.25. The van der Waals surface area contributed by atoms with Gasteiger partial charge in [0, 0.05) is 24.1 Å². The molecule has 3 aromatic rings. The molecule has 5 nitrogen and oxygen atoms in total. The first-order chi connectivity index (χ1) is 12.0. The fraction of sp³-hybridized carbons (Fsp3) is 0.250. The van der Waals surface area contributed by atoms with E-state index >= 15 is 0 Å². The zero-order chi connectivity index (χ0) is 17.8. The quantitative estimate of drug-likeness (QED) is 0.773. The van der Waals surface area contributed by atoms with Gasteiger partial charge in [0.05, 0.1) is 0 Å². The van der Waals surface area contributed by atoms with Crippen LogP contribution in [0.4, 0.5) is 0 Å². The molecule has 0 spiro atoms. The van der Waals surface area contributed by atoms with Crippen molar-refractivity contribution < 1.29 is 9.21 Å². The first kappa shape index (κ1) is 16.9. The summed E-state index contributed by atoms with van der Waals surface area (Å²) in [7, 11) is 0. The van der Waals surface area contributed by atoms with Crippen LogP contribution in [0.2, 0.25) is 0 Å². The molecule has 2 aromatic carbocycles. The topological polar surface area (TPSA) is 68.0 Å². The molecular formula is C20H21N3O2. The van der Waals surface area contributed by atoms with Crippen molar-refractivity contribution >= 4 is 5.91 Å². The van der Waals surface area contributed by atoms with Gasteiger partial charge in [-0.1, -0.05) is 24.3 Å². The molecule has 1 N–H and O–H groups in total. The van der Waals surface area contributed by atoms with Crippen molar-refractivity contribution in [2.75, 3.05) is 6.54 Å². The van der Waals surface area contributed by atoms with Gasteiger partial charge in [0.1, 0.15) is 0 Å². The van der Waals surface area contributed by atoms with Crippen molar-refractivity contribution in [3.8, 4) is 11.5 Å². The molecule has 1 aromatic heterocycles. The first-order valence-corrected chi connectivity index (χ1v) is 8.28. The fourth-order valence-corrected chi connectivity index (χ4v) is 2.54. The summed E-state index contributed by atoms with van der Waals surface area (Å²) < 4.78 is 5.70. The number of carbonyl (C=O) groups is 1. The monoisotopic (exact) mass is 335 g/mol. The molecular weight excluding hydrogens is 314 g/mol. The maximum Gasteiger partial charge on any atom is 0.251 e. The van der Waals surface area contributed by atoms with Crippen molar-refractivity contribution in [1.29, 1.82) is 0 Å². The van der Waals surface area contributed by atoms with E-state index in [1.54, 1.807) is 0 Å². The van der Waals surface area contributed by atoms with Crippen LogP contribution in [0.5, 0.6) is 0 Å². The number of rotatable bonds is 5. The Bertz CT molecular complexity index is 899. The van der Waals surface area contributed by atoms with Gasteiger partial charge in [0.25, 0.3) is 5.91 Å². The highest BCUT2D eigenvalue weighted by Crippen LogP contribution is 2.21. The number of nitrogens with zero attached hydrogens (tertiary/aromatic N) is 2. The number of nitrogens with one attached hydrogen (secondary N) is 1. The Kier molecular flexibility index (Phi) is 4.93. The van der Waals surface area contributed by atoms with Gasteiger partial charge in [-0.3, -0.25) is 4.79 Å². The number of amides is 1. The van der Waals surface area contributed by atoms with Crippen LogP contribution in [0.25, 0.3) is 11.5 Å². The highest BCUT2D eigenvalue weighted by atomic mass is 16.4. The van der Waals surface area contributed by atoms with Gasteiger partial charge in [0.15, 0.2) is 0 Å². The maximum absolute atomic E-state index is 12.2. The molecule has 5 heteroatoms. The van der Waals surface area contributed by atoms with Crippen LogP contribution in [-0.4, -0.2) is 22.6 Å².